The SMILES string of the molecule is CCc1ccccc1S(=O)(=O)NC1CC2CN(Cc3ccccc3)CC2(C(=O)NC)C1. The van der Waals surface area contributed by atoms with E-state index < -0.39 is 15.4 Å². The summed E-state index contributed by atoms with van der Waals surface area (Å²) in [6.45, 7) is 4.20. The van der Waals surface area contributed by atoms with Gasteiger partial charge in [-0.3, -0.25) is 9.69 Å². The van der Waals surface area contributed by atoms with Gasteiger partial charge in [-0.25, -0.2) is 13.1 Å². The molecule has 2 N–H and O–H groups in total. The van der Waals surface area contributed by atoms with Gasteiger partial charge in [0.15, 0.2) is 0 Å². The van der Waals surface area contributed by atoms with Gasteiger partial charge in [0.2, 0.25) is 15.9 Å². The molecule has 1 aliphatic heterocycles. The molecule has 0 bridgehead atoms. The van der Waals surface area contributed by atoms with Crippen molar-refractivity contribution in [2.45, 2.75) is 43.7 Å². The minimum Gasteiger partial charge on any atom is -0.359 e. The summed E-state index contributed by atoms with van der Waals surface area (Å²) in [6.07, 6.45) is 1.85. The molecule has 7 heteroatoms. The molecule has 1 aliphatic carbocycles. The Kier molecular flexibility index (Phi) is 6.19. The first kappa shape index (κ1) is 22.0. The van der Waals surface area contributed by atoms with Crippen LogP contribution < -0.4 is 10.0 Å². The fourth-order valence-corrected chi connectivity index (χ4v) is 7.03. The van der Waals surface area contributed by atoms with Gasteiger partial charge < -0.3 is 5.32 Å². The van der Waals surface area contributed by atoms with Crippen molar-refractivity contribution in [3.05, 3.63) is 65.7 Å². The van der Waals surface area contributed by atoms with Gasteiger partial charge in [0, 0.05) is 32.7 Å². The number of fused-ring (bicyclic) bond motifs is 1. The predicted molar refractivity (Wildman–Crippen MR) is 121 cm³/mol. The number of hydrogen-bond acceptors (Lipinski definition) is 4. The lowest BCUT2D eigenvalue weighted by Crippen LogP contribution is -2.44. The zero-order chi connectivity index (χ0) is 22.1. The lowest BCUT2D eigenvalue weighted by atomic mass is 9.80. The standard InChI is InChI=1S/C24H31N3O3S/c1-3-19-11-7-8-12-22(19)31(29,30)26-21-13-20-16-27(15-18-9-5-4-6-10-18)17-24(20,14-21)23(28)25-2/h4-12,20-21,26H,3,13-17H2,1-2H3,(H,25,28). The third-order valence-electron chi connectivity index (χ3n) is 6.84. The molecule has 166 valence electrons. The highest BCUT2D eigenvalue weighted by atomic mass is 32.2. The minimum absolute atomic E-state index is 0.0173. The molecule has 0 radical (unpaired) electrons. The molecular formula is C24H31N3O3S. The van der Waals surface area contributed by atoms with Crippen LogP contribution in [0.5, 0.6) is 0 Å². The van der Waals surface area contributed by atoms with Gasteiger partial charge in [0.05, 0.1) is 10.3 Å². The molecule has 0 aromatic heterocycles. The van der Waals surface area contributed by atoms with Crippen LogP contribution in [0.4, 0.5) is 0 Å². The number of sulfonamides is 1. The van der Waals surface area contributed by atoms with Crippen LogP contribution in [0.1, 0.15) is 30.9 Å². The quantitative estimate of drug-likeness (QED) is 0.692. The molecule has 3 unspecified atom stereocenters. The molecule has 6 nitrogen and oxygen atoms in total. The van der Waals surface area contributed by atoms with Gasteiger partial charge in [-0.15, -0.1) is 0 Å². The third kappa shape index (κ3) is 4.27. The first-order valence-corrected chi connectivity index (χ1v) is 12.4. The van der Waals surface area contributed by atoms with Crippen molar-refractivity contribution in [2.24, 2.45) is 11.3 Å². The highest BCUT2D eigenvalue weighted by Crippen LogP contribution is 2.49. The molecule has 1 saturated heterocycles. The van der Waals surface area contributed by atoms with Crippen molar-refractivity contribution in [1.29, 1.82) is 0 Å². The van der Waals surface area contributed by atoms with Crippen LogP contribution >= 0.6 is 0 Å². The molecule has 3 atom stereocenters. The number of nitrogens with zero attached hydrogens (tertiary/aromatic N) is 1. The third-order valence-corrected chi connectivity index (χ3v) is 8.46. The predicted octanol–water partition coefficient (Wildman–Crippen LogP) is 2.55. The summed E-state index contributed by atoms with van der Waals surface area (Å²) >= 11 is 0. The van der Waals surface area contributed by atoms with E-state index in [0.29, 0.717) is 30.7 Å². The van der Waals surface area contributed by atoms with Gasteiger partial charge in [-0.2, -0.15) is 0 Å². The van der Waals surface area contributed by atoms with Crippen molar-refractivity contribution in [3.8, 4) is 0 Å². The monoisotopic (exact) mass is 441 g/mol. The Bertz CT molecular complexity index is 1040. The van der Waals surface area contributed by atoms with Crippen LogP contribution in [0, 0.1) is 11.3 Å². The minimum atomic E-state index is -3.63. The van der Waals surface area contributed by atoms with E-state index in [-0.39, 0.29) is 17.9 Å². The number of nitrogens with one attached hydrogen (secondary N) is 2. The van der Waals surface area contributed by atoms with Crippen LogP contribution in [-0.2, 0) is 27.8 Å². The number of amides is 1. The summed E-state index contributed by atoms with van der Waals surface area (Å²) in [4.78, 5) is 15.6. The zero-order valence-electron chi connectivity index (χ0n) is 18.2. The van der Waals surface area contributed by atoms with Crippen molar-refractivity contribution in [1.82, 2.24) is 14.9 Å². The average Bonchev–Trinajstić information content (AvgIpc) is 3.27. The van der Waals surface area contributed by atoms with Gasteiger partial charge in [0.1, 0.15) is 0 Å². The summed E-state index contributed by atoms with van der Waals surface area (Å²) in [5.41, 5.74) is 1.48. The maximum absolute atomic E-state index is 13.1. The largest absolute Gasteiger partial charge is 0.359 e. The van der Waals surface area contributed by atoms with E-state index in [1.165, 1.54) is 5.56 Å². The summed E-state index contributed by atoms with van der Waals surface area (Å²) < 4.78 is 29.1. The lowest BCUT2D eigenvalue weighted by Gasteiger charge is -2.27. The topological polar surface area (TPSA) is 78.5 Å². The number of carbonyl (C=O) groups excluding carboxylic acids is 1. The lowest BCUT2D eigenvalue weighted by molar-refractivity contribution is -0.131. The maximum atomic E-state index is 13.1. The molecule has 2 fully saturated rings. The maximum Gasteiger partial charge on any atom is 0.241 e. The fourth-order valence-electron chi connectivity index (χ4n) is 5.47. The number of carbonyl (C=O) groups is 1. The number of benzene rings is 2. The van der Waals surface area contributed by atoms with Crippen molar-refractivity contribution < 1.29 is 13.2 Å². The van der Waals surface area contributed by atoms with Crippen LogP contribution in [0.15, 0.2) is 59.5 Å². The van der Waals surface area contributed by atoms with Gasteiger partial charge in [-0.1, -0.05) is 55.5 Å². The van der Waals surface area contributed by atoms with Gasteiger partial charge >= 0.3 is 0 Å². The Labute approximate surface area is 185 Å². The molecule has 2 aliphatic rings. The summed E-state index contributed by atoms with van der Waals surface area (Å²) in [5.74, 6) is 0.147. The Morgan fingerprint density at radius 2 is 1.84 bits per heavy atom. The van der Waals surface area contributed by atoms with Crippen LogP contribution in [0.2, 0.25) is 0 Å². The molecule has 1 heterocycles. The number of rotatable bonds is 7. The summed E-state index contributed by atoms with van der Waals surface area (Å²) in [7, 11) is -1.96. The average molecular weight is 442 g/mol. The van der Waals surface area contributed by atoms with Crippen molar-refractivity contribution >= 4 is 15.9 Å². The summed E-state index contributed by atoms with van der Waals surface area (Å²) in [6, 6.07) is 17.1. The van der Waals surface area contributed by atoms with E-state index in [1.807, 2.05) is 37.3 Å². The summed E-state index contributed by atoms with van der Waals surface area (Å²) in [5, 5.41) is 2.84. The molecule has 0 spiro atoms. The first-order valence-electron chi connectivity index (χ1n) is 11.0. The number of likely N-dealkylation sites (tertiary alicyclic amines) is 1. The van der Waals surface area contributed by atoms with E-state index in [0.717, 1.165) is 18.7 Å². The highest BCUT2D eigenvalue weighted by Gasteiger charge is 2.57. The van der Waals surface area contributed by atoms with E-state index in [4.69, 9.17) is 0 Å². The molecular weight excluding hydrogens is 410 g/mol. The molecule has 31 heavy (non-hydrogen) atoms. The van der Waals surface area contributed by atoms with Crippen LogP contribution in [0.3, 0.4) is 0 Å². The second kappa shape index (κ2) is 8.73. The van der Waals surface area contributed by atoms with Gasteiger partial charge in [-0.05, 0) is 42.4 Å². The second-order valence-electron chi connectivity index (χ2n) is 8.81. The Morgan fingerprint density at radius 1 is 1.13 bits per heavy atom. The zero-order valence-corrected chi connectivity index (χ0v) is 19.0. The highest BCUT2D eigenvalue weighted by molar-refractivity contribution is 7.89. The van der Waals surface area contributed by atoms with E-state index in [9.17, 15) is 13.2 Å². The number of hydrogen-bond donors (Lipinski definition) is 2. The second-order valence-corrected chi connectivity index (χ2v) is 10.5. The van der Waals surface area contributed by atoms with E-state index in [1.54, 1.807) is 19.2 Å². The van der Waals surface area contributed by atoms with Crippen molar-refractivity contribution in [2.75, 3.05) is 20.1 Å². The smallest absolute Gasteiger partial charge is 0.241 e. The van der Waals surface area contributed by atoms with Gasteiger partial charge in [0.25, 0.3) is 0 Å². The molecule has 4 rings (SSSR count). The molecule has 2 aromatic carbocycles. The van der Waals surface area contributed by atoms with Crippen molar-refractivity contribution in [3.63, 3.8) is 0 Å². The molecule has 2 aromatic rings. The van der Waals surface area contributed by atoms with E-state index in [2.05, 4.69) is 27.1 Å². The Hall–Kier alpha value is -2.22. The molecule has 1 saturated carbocycles. The van der Waals surface area contributed by atoms with Crippen LogP contribution in [-0.4, -0.2) is 45.4 Å². The Morgan fingerprint density at radius 3 is 2.55 bits per heavy atom. The number of aryl methyl sites for hydroxylation is 1. The first-order chi connectivity index (χ1) is 14.9. The van der Waals surface area contributed by atoms with Crippen LogP contribution in [0.25, 0.3) is 0 Å². The van der Waals surface area contributed by atoms with E-state index >= 15 is 0 Å². The Balaban J connectivity index is 1.51. The fraction of sp³-hybridized carbons (Fsp3) is 0.458. The molecule has 1 amide bonds. The normalized spacial score (nSPS) is 26.0.